The van der Waals surface area contributed by atoms with Crippen LogP contribution in [0.1, 0.15) is 91.9 Å². The zero-order chi connectivity index (χ0) is 18.7. The van der Waals surface area contributed by atoms with Gasteiger partial charge >= 0.3 is 0 Å². The number of carbonyl (C=O) groups is 1. The summed E-state index contributed by atoms with van der Waals surface area (Å²) in [5, 5.41) is 11.2. The van der Waals surface area contributed by atoms with Crippen LogP contribution >= 0.6 is 0 Å². The van der Waals surface area contributed by atoms with Gasteiger partial charge in [-0.15, -0.1) is 0 Å². The van der Waals surface area contributed by atoms with Gasteiger partial charge in [-0.25, -0.2) is 0 Å². The summed E-state index contributed by atoms with van der Waals surface area (Å²) < 4.78 is 0. The number of fused-ring (bicyclic) bond motifs is 5. The normalized spacial score (nSPS) is 52.1. The molecule has 26 heavy (non-hydrogen) atoms. The third kappa shape index (κ3) is 2.65. The Balaban J connectivity index is 1.61. The number of aliphatic hydroxyl groups is 1. The fourth-order valence-corrected chi connectivity index (χ4v) is 8.64. The number of hydrogen-bond acceptors (Lipinski definition) is 2. The van der Waals surface area contributed by atoms with Crippen LogP contribution in [0.5, 0.6) is 0 Å². The fraction of sp³-hybridized carbons (Fsp3) is 0.958. The summed E-state index contributed by atoms with van der Waals surface area (Å²) in [6, 6.07) is 0. The number of rotatable bonds is 3. The van der Waals surface area contributed by atoms with Crippen molar-refractivity contribution >= 4 is 5.78 Å². The van der Waals surface area contributed by atoms with Gasteiger partial charge in [0.05, 0.1) is 6.10 Å². The average Bonchev–Trinajstić information content (AvgIpc) is 2.94. The van der Waals surface area contributed by atoms with E-state index in [2.05, 4.69) is 27.7 Å². The van der Waals surface area contributed by atoms with Gasteiger partial charge in [0.2, 0.25) is 0 Å². The number of Topliss-reactive ketones (excluding diaryl/α,β-unsaturated/α-hetero) is 1. The molecule has 2 heteroatoms. The maximum absolute atomic E-state index is 12.1. The highest BCUT2D eigenvalue weighted by molar-refractivity contribution is 5.79. The lowest BCUT2D eigenvalue weighted by Gasteiger charge is -2.62. The predicted molar refractivity (Wildman–Crippen MR) is 106 cm³/mol. The van der Waals surface area contributed by atoms with Crippen LogP contribution < -0.4 is 0 Å². The molecule has 0 amide bonds. The van der Waals surface area contributed by atoms with E-state index in [-0.39, 0.29) is 6.10 Å². The second kappa shape index (κ2) is 6.61. The van der Waals surface area contributed by atoms with Crippen LogP contribution in [-0.2, 0) is 4.79 Å². The van der Waals surface area contributed by atoms with E-state index < -0.39 is 0 Å². The van der Waals surface area contributed by atoms with Crippen molar-refractivity contribution in [3.8, 4) is 0 Å². The highest BCUT2D eigenvalue weighted by Gasteiger charge is 2.62. The monoisotopic (exact) mass is 360 g/mol. The summed E-state index contributed by atoms with van der Waals surface area (Å²) in [4.78, 5) is 12.1. The molecular weight excluding hydrogens is 320 g/mol. The molecule has 0 unspecified atom stereocenters. The molecule has 9 atom stereocenters. The van der Waals surface area contributed by atoms with Crippen LogP contribution in [0.15, 0.2) is 0 Å². The molecule has 2 nitrogen and oxygen atoms in total. The van der Waals surface area contributed by atoms with Gasteiger partial charge in [0.25, 0.3) is 0 Å². The predicted octanol–water partition coefficient (Wildman–Crippen LogP) is 5.62. The minimum Gasteiger partial charge on any atom is -0.393 e. The maximum atomic E-state index is 12.1. The molecule has 0 bridgehead atoms. The van der Waals surface area contributed by atoms with Crippen LogP contribution in [-0.4, -0.2) is 17.0 Å². The lowest BCUT2D eigenvalue weighted by molar-refractivity contribution is -0.168. The lowest BCUT2D eigenvalue weighted by atomic mass is 9.44. The van der Waals surface area contributed by atoms with Gasteiger partial charge < -0.3 is 5.11 Å². The topological polar surface area (TPSA) is 37.3 Å². The minimum absolute atomic E-state index is 0.172. The summed E-state index contributed by atoms with van der Waals surface area (Å²) in [6.07, 6.45) is 11.3. The molecule has 0 aliphatic heterocycles. The van der Waals surface area contributed by atoms with E-state index in [1.54, 1.807) is 0 Å². The molecule has 4 saturated carbocycles. The van der Waals surface area contributed by atoms with Gasteiger partial charge in [0, 0.05) is 12.8 Å². The van der Waals surface area contributed by atoms with Crippen molar-refractivity contribution in [2.75, 3.05) is 0 Å². The Bertz CT molecular complexity index is 556. The summed E-state index contributed by atoms with van der Waals surface area (Å²) in [6.45, 7) is 9.85. The van der Waals surface area contributed by atoms with Crippen molar-refractivity contribution in [2.45, 2.75) is 98.0 Å². The summed E-state index contributed by atoms with van der Waals surface area (Å²) in [5.41, 5.74) is 0.733. The molecule has 4 aliphatic carbocycles. The van der Waals surface area contributed by atoms with Crippen LogP contribution in [0.2, 0.25) is 0 Å². The Morgan fingerprint density at radius 3 is 2.58 bits per heavy atom. The standard InChI is InChI=1S/C24H40O2/c1-5-6-15(2)18-7-8-19-22-20(10-12-24(18,19)4)23(3)11-9-17(25)13-16(23)14-21(22)26/h15-16,18-22,26H,5-14H2,1-4H3/t15-,16+,18-,19+,20+,21-,22+,23+,24-/m1/s1. The molecule has 0 radical (unpaired) electrons. The van der Waals surface area contributed by atoms with Crippen LogP contribution in [0.3, 0.4) is 0 Å². The van der Waals surface area contributed by atoms with E-state index in [4.69, 9.17) is 0 Å². The Labute approximate surface area is 160 Å². The smallest absolute Gasteiger partial charge is 0.133 e. The molecule has 0 aromatic rings. The summed E-state index contributed by atoms with van der Waals surface area (Å²) in [7, 11) is 0. The van der Waals surface area contributed by atoms with Crippen molar-refractivity contribution in [2.24, 2.45) is 46.3 Å². The molecule has 1 N–H and O–H groups in total. The summed E-state index contributed by atoms with van der Waals surface area (Å²) in [5.74, 6) is 4.37. The Morgan fingerprint density at radius 2 is 1.85 bits per heavy atom. The first-order chi connectivity index (χ1) is 12.3. The van der Waals surface area contributed by atoms with Crippen LogP contribution in [0.25, 0.3) is 0 Å². The van der Waals surface area contributed by atoms with Crippen molar-refractivity contribution in [1.82, 2.24) is 0 Å². The van der Waals surface area contributed by atoms with E-state index >= 15 is 0 Å². The largest absolute Gasteiger partial charge is 0.393 e. The van der Waals surface area contributed by atoms with E-state index in [0.717, 1.165) is 37.5 Å². The molecule has 0 spiro atoms. The third-order valence-electron chi connectivity index (χ3n) is 10.0. The Hall–Kier alpha value is -0.370. The second-order valence-electron chi connectivity index (χ2n) is 11.0. The molecule has 0 saturated heterocycles. The molecule has 4 rings (SSSR count). The lowest BCUT2D eigenvalue weighted by Crippen LogP contribution is -2.58. The average molecular weight is 361 g/mol. The number of aliphatic hydroxyl groups excluding tert-OH is 1. The van der Waals surface area contributed by atoms with Crippen molar-refractivity contribution < 1.29 is 9.90 Å². The minimum atomic E-state index is -0.172. The zero-order valence-corrected chi connectivity index (χ0v) is 17.5. The molecule has 4 aliphatic rings. The van der Waals surface area contributed by atoms with Crippen LogP contribution in [0.4, 0.5) is 0 Å². The maximum Gasteiger partial charge on any atom is 0.133 e. The number of hydrogen-bond donors (Lipinski definition) is 1. The van der Waals surface area contributed by atoms with E-state index in [9.17, 15) is 9.90 Å². The molecule has 0 heterocycles. The first-order valence-corrected chi connectivity index (χ1v) is 11.5. The number of ketones is 1. The van der Waals surface area contributed by atoms with Gasteiger partial charge in [-0.1, -0.05) is 40.5 Å². The third-order valence-corrected chi connectivity index (χ3v) is 10.0. The fourth-order valence-electron chi connectivity index (χ4n) is 8.64. The summed E-state index contributed by atoms with van der Waals surface area (Å²) >= 11 is 0. The Morgan fingerprint density at radius 1 is 1.12 bits per heavy atom. The Kier molecular flexibility index (Phi) is 4.82. The molecule has 0 aromatic carbocycles. The number of carbonyl (C=O) groups excluding carboxylic acids is 1. The van der Waals surface area contributed by atoms with Crippen LogP contribution in [0, 0.1) is 46.3 Å². The first kappa shape index (κ1) is 19.0. The molecular formula is C24H40O2. The molecule has 4 fully saturated rings. The molecule has 148 valence electrons. The van der Waals surface area contributed by atoms with Crippen molar-refractivity contribution in [3.05, 3.63) is 0 Å². The van der Waals surface area contributed by atoms with Gasteiger partial charge in [-0.05, 0) is 84.9 Å². The van der Waals surface area contributed by atoms with Gasteiger partial charge in [0.1, 0.15) is 5.78 Å². The zero-order valence-electron chi connectivity index (χ0n) is 17.5. The van der Waals surface area contributed by atoms with E-state index in [1.165, 1.54) is 38.5 Å². The van der Waals surface area contributed by atoms with Gasteiger partial charge in [-0.3, -0.25) is 4.79 Å². The SMILES string of the molecule is CCC[C@@H](C)[C@H]1CC[C@H]2[C@@H]3[C@H](O)C[C@@H]4CC(=O)CC[C@]4(C)[C@H]3CC[C@]12C. The second-order valence-corrected chi connectivity index (χ2v) is 11.0. The van der Waals surface area contributed by atoms with E-state index in [1.807, 2.05) is 0 Å². The van der Waals surface area contributed by atoms with Gasteiger partial charge in [-0.2, -0.15) is 0 Å². The quantitative estimate of drug-likeness (QED) is 0.709. The van der Waals surface area contributed by atoms with E-state index in [0.29, 0.717) is 40.3 Å². The molecule has 0 aromatic heterocycles. The highest BCUT2D eigenvalue weighted by atomic mass is 16.3. The van der Waals surface area contributed by atoms with Crippen molar-refractivity contribution in [3.63, 3.8) is 0 Å². The van der Waals surface area contributed by atoms with Gasteiger partial charge in [0.15, 0.2) is 0 Å². The first-order valence-electron chi connectivity index (χ1n) is 11.5. The van der Waals surface area contributed by atoms with Crippen molar-refractivity contribution in [1.29, 1.82) is 0 Å². The highest BCUT2D eigenvalue weighted by Crippen LogP contribution is 2.68.